The third-order valence-corrected chi connectivity index (χ3v) is 5.89. The van der Waals surface area contributed by atoms with E-state index in [0.29, 0.717) is 36.6 Å². The van der Waals surface area contributed by atoms with Crippen LogP contribution in [0.5, 0.6) is 0 Å². The fraction of sp³-hybridized carbons (Fsp3) is 0.550. The fourth-order valence-electron chi connectivity index (χ4n) is 4.29. The summed E-state index contributed by atoms with van der Waals surface area (Å²) in [4.78, 5) is 41.7. The molecule has 2 aromatic heterocycles. The number of amides is 2. The summed E-state index contributed by atoms with van der Waals surface area (Å²) >= 11 is 6.28. The molecule has 1 saturated heterocycles. The molecule has 0 bridgehead atoms. The second-order valence-electron chi connectivity index (χ2n) is 8.35. The first-order valence-corrected chi connectivity index (χ1v) is 10.7. The maximum absolute atomic E-state index is 12.9. The fourth-order valence-corrected chi connectivity index (χ4v) is 4.46. The maximum atomic E-state index is 12.9. The number of piperazine rings is 1. The van der Waals surface area contributed by atoms with Gasteiger partial charge in [-0.15, -0.1) is 0 Å². The molecule has 11 heteroatoms. The Labute approximate surface area is 185 Å². The maximum Gasteiger partial charge on any atom is 0.410 e. The van der Waals surface area contributed by atoms with Crippen molar-refractivity contribution in [3.8, 4) is 5.95 Å². The Morgan fingerprint density at radius 1 is 1.32 bits per heavy atom. The second-order valence-corrected chi connectivity index (χ2v) is 8.73. The van der Waals surface area contributed by atoms with E-state index in [0.717, 1.165) is 12.8 Å². The number of aromatic nitrogens is 4. The van der Waals surface area contributed by atoms with Crippen LogP contribution < -0.4 is 10.6 Å². The lowest BCUT2D eigenvalue weighted by Crippen LogP contribution is -2.66. The van der Waals surface area contributed by atoms with Crippen molar-refractivity contribution < 1.29 is 14.3 Å². The quantitative estimate of drug-likeness (QED) is 0.672. The molecule has 2 aromatic rings. The van der Waals surface area contributed by atoms with Gasteiger partial charge in [0, 0.05) is 38.1 Å². The van der Waals surface area contributed by atoms with Crippen molar-refractivity contribution in [1.82, 2.24) is 24.4 Å². The van der Waals surface area contributed by atoms with Gasteiger partial charge in [-0.2, -0.15) is 4.98 Å². The number of imidazole rings is 1. The molecule has 31 heavy (non-hydrogen) atoms. The van der Waals surface area contributed by atoms with Crippen LogP contribution in [0.2, 0.25) is 5.15 Å². The van der Waals surface area contributed by atoms with Gasteiger partial charge < -0.3 is 15.4 Å². The molecule has 0 spiro atoms. The van der Waals surface area contributed by atoms with E-state index >= 15 is 0 Å². The van der Waals surface area contributed by atoms with Gasteiger partial charge in [0.1, 0.15) is 17.3 Å². The van der Waals surface area contributed by atoms with Crippen molar-refractivity contribution >= 4 is 29.4 Å². The Bertz CT molecular complexity index is 964. The van der Waals surface area contributed by atoms with Crippen LogP contribution in [0.3, 0.4) is 0 Å². The van der Waals surface area contributed by atoms with E-state index in [2.05, 4.69) is 15.0 Å². The molecule has 1 aliphatic heterocycles. The van der Waals surface area contributed by atoms with E-state index in [4.69, 9.17) is 22.1 Å². The second kappa shape index (κ2) is 8.33. The topological polar surface area (TPSA) is 119 Å². The number of carbonyl (C=O) groups excluding carboxylic acids is 2. The van der Waals surface area contributed by atoms with E-state index < -0.39 is 17.5 Å². The lowest BCUT2D eigenvalue weighted by molar-refractivity contribution is -0.121. The lowest BCUT2D eigenvalue weighted by Gasteiger charge is -2.50. The Balaban J connectivity index is 1.68. The summed E-state index contributed by atoms with van der Waals surface area (Å²) in [5.41, 5.74) is 4.89. The Hall–Kier alpha value is -2.88. The highest BCUT2D eigenvalue weighted by Crippen LogP contribution is 2.47. The van der Waals surface area contributed by atoms with Gasteiger partial charge in [-0.3, -0.25) is 14.3 Å². The van der Waals surface area contributed by atoms with Gasteiger partial charge in [-0.25, -0.2) is 14.8 Å². The zero-order valence-electron chi connectivity index (χ0n) is 17.6. The van der Waals surface area contributed by atoms with Gasteiger partial charge in [-0.05, 0) is 32.6 Å². The zero-order chi connectivity index (χ0) is 22.2. The highest BCUT2D eigenvalue weighted by atomic mass is 35.5. The number of nitrogens with zero attached hydrogens (tertiary/aromatic N) is 6. The molecule has 2 fully saturated rings. The minimum absolute atomic E-state index is 0.0640. The third-order valence-electron chi connectivity index (χ3n) is 5.70. The first kappa shape index (κ1) is 21.4. The minimum atomic E-state index is -0.747. The van der Waals surface area contributed by atoms with Crippen molar-refractivity contribution in [3.63, 3.8) is 0 Å². The molecule has 2 amide bonds. The van der Waals surface area contributed by atoms with Gasteiger partial charge in [0.05, 0.1) is 18.1 Å². The zero-order valence-corrected chi connectivity index (χ0v) is 18.3. The van der Waals surface area contributed by atoms with E-state index in [1.807, 2.05) is 18.7 Å². The van der Waals surface area contributed by atoms with Crippen LogP contribution in [-0.2, 0) is 9.53 Å². The highest BCUT2D eigenvalue weighted by molar-refractivity contribution is 6.29. The van der Waals surface area contributed by atoms with Gasteiger partial charge >= 0.3 is 6.09 Å². The van der Waals surface area contributed by atoms with Crippen molar-refractivity contribution in [1.29, 1.82) is 0 Å². The number of rotatable bonds is 6. The summed E-state index contributed by atoms with van der Waals surface area (Å²) in [7, 11) is 0. The molecule has 2 aliphatic rings. The van der Waals surface area contributed by atoms with Crippen LogP contribution >= 0.6 is 11.6 Å². The Morgan fingerprint density at radius 2 is 2.10 bits per heavy atom. The molecule has 1 unspecified atom stereocenters. The average molecular weight is 448 g/mol. The smallest absolute Gasteiger partial charge is 0.410 e. The van der Waals surface area contributed by atoms with Crippen LogP contribution in [0.4, 0.5) is 10.6 Å². The molecular weight excluding hydrogens is 422 g/mol. The van der Waals surface area contributed by atoms with Gasteiger partial charge in [0.15, 0.2) is 0 Å². The Morgan fingerprint density at radius 3 is 2.71 bits per heavy atom. The number of primary amides is 1. The molecule has 166 valence electrons. The normalized spacial score (nSPS) is 21.4. The van der Waals surface area contributed by atoms with Crippen molar-refractivity contribution in [2.45, 2.75) is 44.8 Å². The third kappa shape index (κ3) is 4.43. The van der Waals surface area contributed by atoms with Crippen molar-refractivity contribution in [2.75, 3.05) is 24.5 Å². The number of nitrogens with two attached hydrogens (primary N) is 1. The van der Waals surface area contributed by atoms with Crippen LogP contribution in [-0.4, -0.2) is 67.7 Å². The molecule has 4 rings (SSSR count). The largest absolute Gasteiger partial charge is 0.447 e. The molecule has 1 aliphatic carbocycles. The van der Waals surface area contributed by atoms with Gasteiger partial charge in [0.2, 0.25) is 11.9 Å². The first-order valence-electron chi connectivity index (χ1n) is 10.3. The molecule has 0 aromatic carbocycles. The van der Waals surface area contributed by atoms with Gasteiger partial charge in [-0.1, -0.05) is 11.6 Å². The lowest BCUT2D eigenvalue weighted by atomic mass is 9.84. The summed E-state index contributed by atoms with van der Waals surface area (Å²) in [5.74, 6) is 0.743. The van der Waals surface area contributed by atoms with Crippen LogP contribution in [0.15, 0.2) is 24.8 Å². The molecule has 0 radical (unpaired) electrons. The monoisotopic (exact) mass is 447 g/mol. The Kier molecular flexibility index (Phi) is 5.74. The summed E-state index contributed by atoms with van der Waals surface area (Å²) in [6.07, 6.45) is 6.21. The molecule has 10 nitrogen and oxygen atoms in total. The minimum Gasteiger partial charge on any atom is -0.447 e. The number of anilines is 1. The van der Waals surface area contributed by atoms with Crippen molar-refractivity contribution in [2.24, 2.45) is 11.7 Å². The average Bonchev–Trinajstić information content (AvgIpc) is 3.41. The summed E-state index contributed by atoms with van der Waals surface area (Å²) in [6.45, 7) is 4.92. The first-order chi connectivity index (χ1) is 14.8. The standard InChI is InChI=1S/C20H26ClN7O3/c1-13(2)31-19(30)28-8-7-26(11-20(28,10-16(22)29)14-3-4-14)17-9-15(21)24-18(25-17)27-6-5-23-12-27/h5-6,9,12-14H,3-4,7-8,10-11H2,1-2H3,(H2,22,29). The van der Waals surface area contributed by atoms with E-state index in [-0.39, 0.29) is 18.4 Å². The molecular formula is C20H26ClN7O3. The molecule has 1 saturated carbocycles. The van der Waals surface area contributed by atoms with Crippen LogP contribution in [0.1, 0.15) is 33.1 Å². The predicted molar refractivity (Wildman–Crippen MR) is 114 cm³/mol. The number of halogens is 1. The van der Waals surface area contributed by atoms with E-state index in [1.54, 1.807) is 34.3 Å². The predicted octanol–water partition coefficient (Wildman–Crippen LogP) is 2.01. The van der Waals surface area contributed by atoms with Crippen molar-refractivity contribution in [3.05, 3.63) is 29.9 Å². The van der Waals surface area contributed by atoms with Gasteiger partial charge in [0.25, 0.3) is 0 Å². The highest BCUT2D eigenvalue weighted by Gasteiger charge is 2.55. The number of hydrogen-bond acceptors (Lipinski definition) is 7. The summed E-state index contributed by atoms with van der Waals surface area (Å²) in [5, 5.41) is 0.294. The van der Waals surface area contributed by atoms with E-state index in [1.165, 1.54) is 0 Å². The summed E-state index contributed by atoms with van der Waals surface area (Å²) in [6, 6.07) is 1.69. The SMILES string of the molecule is CC(C)OC(=O)N1CCN(c2cc(Cl)nc(-n3ccnc3)n2)CC1(CC(N)=O)C1CC1. The van der Waals surface area contributed by atoms with E-state index in [9.17, 15) is 9.59 Å². The van der Waals surface area contributed by atoms with Crippen LogP contribution in [0, 0.1) is 5.92 Å². The molecule has 1 atom stereocenters. The summed E-state index contributed by atoms with van der Waals surface area (Å²) < 4.78 is 7.16. The number of hydrogen-bond donors (Lipinski definition) is 1. The molecule has 3 heterocycles. The molecule has 2 N–H and O–H groups in total. The number of carbonyl (C=O) groups is 2. The van der Waals surface area contributed by atoms with Crippen LogP contribution in [0.25, 0.3) is 5.95 Å². The number of ether oxygens (including phenoxy) is 1.